The summed E-state index contributed by atoms with van der Waals surface area (Å²) in [7, 11) is 0. The molecule has 8 heavy (non-hydrogen) atoms. The lowest BCUT2D eigenvalue weighted by atomic mass is 10.5. The summed E-state index contributed by atoms with van der Waals surface area (Å²) in [6.07, 6.45) is 8.49. The van der Waals surface area contributed by atoms with Crippen molar-refractivity contribution < 1.29 is 0 Å². The topological polar surface area (TPSA) is 38.4 Å². The van der Waals surface area contributed by atoms with Gasteiger partial charge in [-0.25, -0.2) is 4.99 Å². The molecule has 0 saturated heterocycles. The van der Waals surface area contributed by atoms with Gasteiger partial charge in [0.1, 0.15) is 0 Å². The highest BCUT2D eigenvalue weighted by Crippen LogP contribution is 1.74. The zero-order valence-corrected chi connectivity index (χ0v) is 4.91. The Kier molecular flexibility index (Phi) is 5.17. The minimum Gasteiger partial charge on any atom is -0.390 e. The lowest BCUT2D eigenvalue weighted by Crippen LogP contribution is -1.84. The third-order valence-corrected chi connectivity index (χ3v) is 0.562. The number of hydrogen-bond acceptors (Lipinski definition) is 1. The molecule has 2 N–H and O–H groups in total. The van der Waals surface area contributed by atoms with Crippen molar-refractivity contribution in [1.29, 1.82) is 0 Å². The van der Waals surface area contributed by atoms with Crippen molar-refractivity contribution in [3.63, 3.8) is 0 Å². The Hall–Kier alpha value is -1.05. The first-order chi connectivity index (χ1) is 3.91. The van der Waals surface area contributed by atoms with Crippen LogP contribution in [0.25, 0.3) is 0 Å². The Morgan fingerprint density at radius 1 is 1.38 bits per heavy atom. The van der Waals surface area contributed by atoms with Crippen molar-refractivity contribution in [1.82, 2.24) is 0 Å². The van der Waals surface area contributed by atoms with Gasteiger partial charge in [0, 0.05) is 6.20 Å². The van der Waals surface area contributed by atoms with Gasteiger partial charge in [0.15, 0.2) is 0 Å². The molecule has 0 fully saturated rings. The molecule has 0 rings (SSSR count). The average Bonchev–Trinajstić information content (AvgIpc) is 1.81. The molecule has 0 heterocycles. The van der Waals surface area contributed by atoms with Crippen LogP contribution in [0.5, 0.6) is 0 Å². The van der Waals surface area contributed by atoms with Crippen LogP contribution in [0.2, 0.25) is 0 Å². The van der Waals surface area contributed by atoms with Gasteiger partial charge in [-0.15, -0.1) is 0 Å². The van der Waals surface area contributed by atoms with Crippen LogP contribution in [0.15, 0.2) is 29.4 Å². The van der Waals surface area contributed by atoms with E-state index in [0.29, 0.717) is 0 Å². The van der Waals surface area contributed by atoms with Gasteiger partial charge in [-0.05, 0) is 13.0 Å². The maximum Gasteiger partial charge on any atom is 0.0852 e. The first-order valence-corrected chi connectivity index (χ1v) is 2.43. The summed E-state index contributed by atoms with van der Waals surface area (Å²) in [5.74, 6) is 0. The molecule has 0 atom stereocenters. The number of nitrogens with zero attached hydrogens (tertiary/aromatic N) is 1. The highest BCUT2D eigenvalue weighted by molar-refractivity contribution is 5.52. The fourth-order valence-corrected chi connectivity index (χ4v) is 0.260. The van der Waals surface area contributed by atoms with E-state index >= 15 is 0 Å². The molecule has 0 radical (unpaired) electrons. The van der Waals surface area contributed by atoms with Crippen LogP contribution in [-0.2, 0) is 0 Å². The van der Waals surface area contributed by atoms with E-state index in [2.05, 4.69) is 4.99 Å². The zero-order chi connectivity index (χ0) is 6.24. The molecule has 0 bridgehead atoms. The molecule has 0 aliphatic heterocycles. The van der Waals surface area contributed by atoms with Crippen molar-refractivity contribution >= 4 is 6.34 Å². The fourth-order valence-electron chi connectivity index (χ4n) is 0.260. The van der Waals surface area contributed by atoms with Crippen molar-refractivity contribution in [2.45, 2.75) is 6.92 Å². The molecule has 44 valence electrons. The van der Waals surface area contributed by atoms with Crippen molar-refractivity contribution in [3.8, 4) is 0 Å². The predicted molar refractivity (Wildman–Crippen MR) is 36.6 cm³/mol. The molecular weight excluding hydrogens is 100 g/mol. The Bertz CT molecular complexity index is 97.7. The second kappa shape index (κ2) is 5.95. The molecule has 0 aromatic carbocycles. The minimum atomic E-state index is 1.25. The van der Waals surface area contributed by atoms with Gasteiger partial charge >= 0.3 is 0 Å². The SMILES string of the molecule is CC=C/C=C\N=CN. The Balaban J connectivity index is 3.35. The average molecular weight is 110 g/mol. The first kappa shape index (κ1) is 6.95. The normalized spacial score (nSPS) is 12.6. The summed E-state index contributed by atoms with van der Waals surface area (Å²) < 4.78 is 0. The van der Waals surface area contributed by atoms with E-state index in [0.717, 1.165) is 0 Å². The third-order valence-electron chi connectivity index (χ3n) is 0.562. The third kappa shape index (κ3) is 4.95. The quantitative estimate of drug-likeness (QED) is 0.322. The second-order valence-electron chi connectivity index (χ2n) is 1.17. The minimum absolute atomic E-state index is 1.25. The lowest BCUT2D eigenvalue weighted by Gasteiger charge is -1.69. The van der Waals surface area contributed by atoms with Crippen LogP contribution >= 0.6 is 0 Å². The summed E-state index contributed by atoms with van der Waals surface area (Å²) >= 11 is 0. The van der Waals surface area contributed by atoms with Crippen LogP contribution < -0.4 is 5.73 Å². The molecule has 0 unspecified atom stereocenters. The van der Waals surface area contributed by atoms with Gasteiger partial charge < -0.3 is 5.73 Å². The van der Waals surface area contributed by atoms with Gasteiger partial charge in [0.2, 0.25) is 0 Å². The molecule has 0 aromatic rings. The second-order valence-corrected chi connectivity index (χ2v) is 1.17. The molecule has 0 amide bonds. The van der Waals surface area contributed by atoms with Crippen LogP contribution in [0, 0.1) is 0 Å². The van der Waals surface area contributed by atoms with E-state index in [1.165, 1.54) is 6.34 Å². The number of hydrogen-bond donors (Lipinski definition) is 1. The molecule has 2 heteroatoms. The summed E-state index contributed by atoms with van der Waals surface area (Å²) in [5.41, 5.74) is 4.94. The largest absolute Gasteiger partial charge is 0.390 e. The van der Waals surface area contributed by atoms with Gasteiger partial charge in [0.05, 0.1) is 6.34 Å². The van der Waals surface area contributed by atoms with E-state index in [9.17, 15) is 0 Å². The molecular formula is C6H10N2. The number of nitrogens with two attached hydrogens (primary N) is 1. The highest BCUT2D eigenvalue weighted by atomic mass is 14.8. The van der Waals surface area contributed by atoms with Gasteiger partial charge in [-0.3, -0.25) is 0 Å². The van der Waals surface area contributed by atoms with E-state index < -0.39 is 0 Å². The molecule has 0 saturated carbocycles. The van der Waals surface area contributed by atoms with Crippen LogP contribution in [0.1, 0.15) is 6.92 Å². The van der Waals surface area contributed by atoms with Crippen molar-refractivity contribution in [2.24, 2.45) is 10.7 Å². The summed E-state index contributed by atoms with van der Waals surface area (Å²) in [6.45, 7) is 1.94. The Morgan fingerprint density at radius 3 is 2.62 bits per heavy atom. The molecule has 0 aliphatic carbocycles. The summed E-state index contributed by atoms with van der Waals surface area (Å²) in [5, 5.41) is 0. The van der Waals surface area contributed by atoms with E-state index in [1.807, 2.05) is 25.2 Å². The van der Waals surface area contributed by atoms with E-state index in [4.69, 9.17) is 5.73 Å². The maximum absolute atomic E-state index is 4.94. The van der Waals surface area contributed by atoms with E-state index in [-0.39, 0.29) is 0 Å². The molecule has 0 spiro atoms. The van der Waals surface area contributed by atoms with Crippen LogP contribution in [0.4, 0.5) is 0 Å². The van der Waals surface area contributed by atoms with Crippen LogP contribution in [-0.4, -0.2) is 6.34 Å². The highest BCUT2D eigenvalue weighted by Gasteiger charge is 1.55. The Morgan fingerprint density at radius 2 is 2.12 bits per heavy atom. The standard InChI is InChI=1S/C6H10N2/c1-2-3-4-5-8-6-7/h2-6H,1H3,(H2,7,8)/b3-2?,5-4-. The molecule has 0 aliphatic rings. The smallest absolute Gasteiger partial charge is 0.0852 e. The Labute approximate surface area is 49.4 Å². The monoisotopic (exact) mass is 110 g/mol. The maximum atomic E-state index is 4.94. The lowest BCUT2D eigenvalue weighted by molar-refractivity contribution is 1.55. The van der Waals surface area contributed by atoms with Gasteiger partial charge in [0.25, 0.3) is 0 Å². The molecule has 2 nitrogen and oxygen atoms in total. The summed E-state index contributed by atoms with van der Waals surface area (Å²) in [6, 6.07) is 0. The van der Waals surface area contributed by atoms with Crippen LogP contribution in [0.3, 0.4) is 0 Å². The predicted octanol–water partition coefficient (Wildman–Crippen LogP) is 1.06. The van der Waals surface area contributed by atoms with Gasteiger partial charge in [-0.1, -0.05) is 12.2 Å². The zero-order valence-electron chi connectivity index (χ0n) is 4.91. The van der Waals surface area contributed by atoms with Crippen molar-refractivity contribution in [2.75, 3.05) is 0 Å². The first-order valence-electron chi connectivity index (χ1n) is 2.43. The van der Waals surface area contributed by atoms with E-state index in [1.54, 1.807) is 6.20 Å². The number of allylic oxidation sites excluding steroid dienone is 3. The fraction of sp³-hybridized carbons (Fsp3) is 0.167. The van der Waals surface area contributed by atoms with Crippen molar-refractivity contribution in [3.05, 3.63) is 24.4 Å². The summed E-state index contributed by atoms with van der Waals surface area (Å²) in [4.78, 5) is 3.63. The number of rotatable bonds is 2. The number of aliphatic imine (C=N–C) groups is 1. The van der Waals surface area contributed by atoms with Gasteiger partial charge in [-0.2, -0.15) is 0 Å². The molecule has 0 aromatic heterocycles.